The Hall–Kier alpha value is -3.89. The number of imidazole rings is 1. The number of amides is 1. The number of carbonyl (C=O) groups is 3. The fourth-order valence-corrected chi connectivity index (χ4v) is 3.02. The van der Waals surface area contributed by atoms with Gasteiger partial charge >= 0.3 is 6.09 Å². The number of carbonyl (C=O) groups excluding carboxylic acids is 3. The minimum Gasteiger partial charge on any atom is -0.487 e. The van der Waals surface area contributed by atoms with Crippen molar-refractivity contribution in [3.63, 3.8) is 0 Å². The summed E-state index contributed by atoms with van der Waals surface area (Å²) >= 11 is 0. The molecule has 0 saturated heterocycles. The second kappa shape index (κ2) is 9.77. The molecule has 35 heavy (non-hydrogen) atoms. The highest BCUT2D eigenvalue weighted by atomic mass is 19.3. The Kier molecular flexibility index (Phi) is 7.18. The topological polar surface area (TPSA) is 99.5 Å². The van der Waals surface area contributed by atoms with Gasteiger partial charge in [0, 0.05) is 18.7 Å². The van der Waals surface area contributed by atoms with Crippen LogP contribution >= 0.6 is 0 Å². The summed E-state index contributed by atoms with van der Waals surface area (Å²) < 4.78 is 51.4. The largest absolute Gasteiger partial charge is 0.487 e. The van der Waals surface area contributed by atoms with E-state index in [1.165, 1.54) is 29.1 Å². The van der Waals surface area contributed by atoms with Crippen LogP contribution in [0.25, 0.3) is 11.0 Å². The Balaban J connectivity index is 1.64. The van der Waals surface area contributed by atoms with E-state index in [1.807, 2.05) is 0 Å². The number of hydrogen-bond donors (Lipinski definition) is 1. The molecule has 0 saturated carbocycles. The van der Waals surface area contributed by atoms with Crippen LogP contribution in [-0.4, -0.2) is 45.5 Å². The summed E-state index contributed by atoms with van der Waals surface area (Å²) in [7, 11) is 0. The molecule has 0 fully saturated rings. The number of nitrogens with one attached hydrogen (secondary N) is 1. The van der Waals surface area contributed by atoms with Gasteiger partial charge in [0.25, 0.3) is 5.92 Å². The van der Waals surface area contributed by atoms with Crippen molar-refractivity contribution in [3.05, 3.63) is 54.1 Å². The number of rotatable bonds is 7. The van der Waals surface area contributed by atoms with E-state index < -0.39 is 48.2 Å². The zero-order chi connectivity index (χ0) is 26.0. The monoisotopic (exact) mass is 491 g/mol. The van der Waals surface area contributed by atoms with E-state index in [0.717, 1.165) is 12.1 Å². The molecule has 186 valence electrons. The van der Waals surface area contributed by atoms with Crippen molar-refractivity contribution in [2.75, 3.05) is 11.9 Å². The first-order valence-corrected chi connectivity index (χ1v) is 10.6. The molecule has 0 aliphatic heterocycles. The van der Waals surface area contributed by atoms with Gasteiger partial charge < -0.3 is 14.8 Å². The minimum absolute atomic E-state index is 0.163. The van der Waals surface area contributed by atoms with E-state index in [1.54, 1.807) is 26.8 Å². The second-order valence-corrected chi connectivity index (χ2v) is 8.95. The van der Waals surface area contributed by atoms with Crippen molar-refractivity contribution in [2.45, 2.75) is 45.6 Å². The van der Waals surface area contributed by atoms with Gasteiger partial charge in [0.05, 0.1) is 23.0 Å². The lowest BCUT2D eigenvalue weighted by atomic mass is 10.1. The number of ketones is 1. The number of halogens is 3. The highest BCUT2D eigenvalue weighted by Gasteiger charge is 2.23. The third kappa shape index (κ3) is 7.05. The maximum Gasteiger partial charge on any atom is 0.420 e. The van der Waals surface area contributed by atoms with Crippen molar-refractivity contribution in [3.8, 4) is 5.75 Å². The first-order chi connectivity index (χ1) is 16.2. The van der Waals surface area contributed by atoms with Crippen LogP contribution in [0.4, 0.5) is 23.7 Å². The van der Waals surface area contributed by atoms with Crippen LogP contribution in [-0.2, 0) is 9.53 Å². The molecule has 1 heterocycles. The Labute approximate surface area is 199 Å². The smallest absolute Gasteiger partial charge is 0.420 e. The molecular formula is C24H24F3N3O5. The van der Waals surface area contributed by atoms with E-state index >= 15 is 0 Å². The molecule has 0 spiro atoms. The average molecular weight is 491 g/mol. The summed E-state index contributed by atoms with van der Waals surface area (Å²) in [4.78, 5) is 41.1. The predicted molar refractivity (Wildman–Crippen MR) is 121 cm³/mol. The van der Waals surface area contributed by atoms with Crippen LogP contribution in [0.3, 0.4) is 0 Å². The van der Waals surface area contributed by atoms with Gasteiger partial charge in [-0.25, -0.2) is 27.5 Å². The maximum absolute atomic E-state index is 14.3. The quantitative estimate of drug-likeness (QED) is 0.360. The molecule has 0 aliphatic carbocycles. The number of anilines is 1. The number of alkyl halides is 2. The summed E-state index contributed by atoms with van der Waals surface area (Å²) in [5.74, 6) is -5.76. The molecule has 0 radical (unpaired) electrons. The molecule has 3 aromatic rings. The minimum atomic E-state index is -3.10. The maximum atomic E-state index is 14.3. The summed E-state index contributed by atoms with van der Waals surface area (Å²) in [6.45, 7) is 4.93. The van der Waals surface area contributed by atoms with Gasteiger partial charge in [-0.1, -0.05) is 0 Å². The van der Waals surface area contributed by atoms with E-state index in [2.05, 4.69) is 10.3 Å². The highest BCUT2D eigenvalue weighted by Crippen LogP contribution is 2.22. The number of fused-ring (bicyclic) bond motifs is 1. The summed E-state index contributed by atoms with van der Waals surface area (Å²) in [5.41, 5.74) is 0.111. The standard InChI is InChI=1S/C24H24F3N3O5/c1-23(2,3)35-22(33)30-13-28-18-9-14(5-8-19(18)30)29-21(32)11-20(31)16-7-6-15(10-17(16)25)34-12-24(4,26)27/h5-10,13H,11-12H2,1-4H3,(H,29,32). The van der Waals surface area contributed by atoms with Gasteiger partial charge in [0.2, 0.25) is 5.91 Å². The zero-order valence-corrected chi connectivity index (χ0v) is 19.5. The number of aromatic nitrogens is 2. The van der Waals surface area contributed by atoms with Gasteiger partial charge in [-0.15, -0.1) is 0 Å². The number of benzene rings is 2. The Morgan fingerprint density at radius 3 is 2.40 bits per heavy atom. The summed E-state index contributed by atoms with van der Waals surface area (Å²) in [6, 6.07) is 7.64. The Bertz CT molecular complexity index is 1280. The molecule has 0 bridgehead atoms. The third-order valence-electron chi connectivity index (χ3n) is 4.48. The molecule has 0 unspecified atom stereocenters. The van der Waals surface area contributed by atoms with E-state index in [-0.39, 0.29) is 11.3 Å². The fourth-order valence-electron chi connectivity index (χ4n) is 3.02. The molecular weight excluding hydrogens is 467 g/mol. The first kappa shape index (κ1) is 25.7. The van der Waals surface area contributed by atoms with Crippen molar-refractivity contribution >= 4 is 34.5 Å². The number of hydrogen-bond acceptors (Lipinski definition) is 6. The van der Waals surface area contributed by atoms with Crippen LogP contribution in [0.2, 0.25) is 0 Å². The van der Waals surface area contributed by atoms with Crippen LogP contribution in [0.15, 0.2) is 42.7 Å². The number of Topliss-reactive ketones (excluding diaryl/α,β-unsaturated/α-hetero) is 1. The van der Waals surface area contributed by atoms with Gasteiger partial charge in [0.1, 0.15) is 23.5 Å². The van der Waals surface area contributed by atoms with Crippen LogP contribution < -0.4 is 10.1 Å². The Morgan fingerprint density at radius 1 is 1.06 bits per heavy atom. The zero-order valence-electron chi connectivity index (χ0n) is 19.5. The third-order valence-corrected chi connectivity index (χ3v) is 4.48. The van der Waals surface area contributed by atoms with Crippen molar-refractivity contribution in [2.24, 2.45) is 0 Å². The van der Waals surface area contributed by atoms with Gasteiger partial charge in [-0.2, -0.15) is 0 Å². The van der Waals surface area contributed by atoms with Crippen molar-refractivity contribution < 1.29 is 37.0 Å². The van der Waals surface area contributed by atoms with E-state index in [9.17, 15) is 27.6 Å². The van der Waals surface area contributed by atoms with Crippen LogP contribution in [0, 0.1) is 5.82 Å². The van der Waals surface area contributed by atoms with Crippen LogP contribution in [0.5, 0.6) is 5.75 Å². The predicted octanol–water partition coefficient (Wildman–Crippen LogP) is 5.20. The lowest BCUT2D eigenvalue weighted by Gasteiger charge is -2.19. The lowest BCUT2D eigenvalue weighted by Crippen LogP contribution is -2.26. The molecule has 0 aliphatic rings. The van der Waals surface area contributed by atoms with E-state index in [4.69, 9.17) is 9.47 Å². The second-order valence-electron chi connectivity index (χ2n) is 8.95. The van der Waals surface area contributed by atoms with E-state index in [0.29, 0.717) is 23.6 Å². The molecule has 1 amide bonds. The average Bonchev–Trinajstić information content (AvgIpc) is 3.13. The number of nitrogens with zero attached hydrogens (tertiary/aromatic N) is 2. The first-order valence-electron chi connectivity index (χ1n) is 10.6. The molecule has 2 aromatic carbocycles. The molecule has 0 atom stereocenters. The van der Waals surface area contributed by atoms with Crippen molar-refractivity contribution in [1.82, 2.24) is 9.55 Å². The molecule has 3 rings (SSSR count). The fraction of sp³-hybridized carbons (Fsp3) is 0.333. The summed E-state index contributed by atoms with van der Waals surface area (Å²) in [6.07, 6.45) is 0.0319. The lowest BCUT2D eigenvalue weighted by molar-refractivity contribution is -0.115. The Morgan fingerprint density at radius 2 is 1.77 bits per heavy atom. The molecule has 1 N–H and O–H groups in total. The summed E-state index contributed by atoms with van der Waals surface area (Å²) in [5, 5.41) is 2.52. The van der Waals surface area contributed by atoms with Gasteiger partial charge in [-0.05, 0) is 51.1 Å². The number of ether oxygens (including phenoxy) is 2. The van der Waals surface area contributed by atoms with Crippen LogP contribution in [0.1, 0.15) is 44.5 Å². The molecule has 1 aromatic heterocycles. The van der Waals surface area contributed by atoms with Gasteiger partial charge in [0.15, 0.2) is 12.4 Å². The van der Waals surface area contributed by atoms with Gasteiger partial charge in [-0.3, -0.25) is 9.59 Å². The normalized spacial score (nSPS) is 11.9. The molecule has 8 nitrogen and oxygen atoms in total. The SMILES string of the molecule is CC(F)(F)COc1ccc(C(=O)CC(=O)Nc2ccc3c(c2)ncn3C(=O)OC(C)(C)C)c(F)c1. The molecule has 11 heteroatoms. The highest BCUT2D eigenvalue weighted by molar-refractivity contribution is 6.11. The van der Waals surface area contributed by atoms with Crippen molar-refractivity contribution in [1.29, 1.82) is 0 Å².